The summed E-state index contributed by atoms with van der Waals surface area (Å²) in [5, 5.41) is 5.11. The number of piperazine rings is 1. The van der Waals surface area contributed by atoms with Crippen molar-refractivity contribution in [3.63, 3.8) is 0 Å². The van der Waals surface area contributed by atoms with E-state index in [1.807, 2.05) is 53.4 Å². The third kappa shape index (κ3) is 3.76. The van der Waals surface area contributed by atoms with Crippen LogP contribution in [0.25, 0.3) is 21.6 Å². The maximum Gasteiger partial charge on any atom is 0.257 e. The van der Waals surface area contributed by atoms with Crippen molar-refractivity contribution in [1.82, 2.24) is 10.2 Å². The Kier molecular flexibility index (Phi) is 5.60. The second-order valence-electron chi connectivity index (χ2n) is 6.60. The fraction of sp³-hybridized carbons (Fsp3) is 0.190. The van der Waals surface area contributed by atoms with Crippen molar-refractivity contribution in [2.24, 2.45) is 0 Å². The van der Waals surface area contributed by atoms with E-state index in [-0.39, 0.29) is 5.91 Å². The molecule has 28 heavy (non-hydrogen) atoms. The zero-order valence-electron chi connectivity index (χ0n) is 15.0. The highest BCUT2D eigenvalue weighted by Crippen LogP contribution is 2.45. The van der Waals surface area contributed by atoms with Crippen molar-refractivity contribution >= 4 is 45.4 Å². The highest BCUT2D eigenvalue weighted by molar-refractivity contribution is 7.20. The van der Waals surface area contributed by atoms with E-state index < -0.39 is 0 Å². The molecule has 0 unspecified atom stereocenters. The molecule has 0 saturated carbocycles. The Bertz CT molecular complexity index is 994. The van der Waals surface area contributed by atoms with Gasteiger partial charge in [-0.05, 0) is 35.4 Å². The minimum absolute atomic E-state index is 0.0274. The van der Waals surface area contributed by atoms with Crippen LogP contribution >= 0.6 is 34.5 Å². The van der Waals surface area contributed by atoms with E-state index in [0.29, 0.717) is 33.7 Å². The van der Waals surface area contributed by atoms with Crippen LogP contribution in [0.15, 0.2) is 48.5 Å². The highest BCUT2D eigenvalue weighted by Gasteiger charge is 2.28. The van der Waals surface area contributed by atoms with Gasteiger partial charge in [0.05, 0.1) is 10.6 Å². The number of halogens is 2. The van der Waals surface area contributed by atoms with Gasteiger partial charge in [-0.25, -0.2) is 0 Å². The number of nitrogen functional groups attached to an aromatic ring is 1. The molecule has 0 bridgehead atoms. The van der Waals surface area contributed by atoms with Crippen LogP contribution in [-0.4, -0.2) is 37.0 Å². The monoisotopic (exact) mass is 431 g/mol. The van der Waals surface area contributed by atoms with Gasteiger partial charge in [0, 0.05) is 46.7 Å². The summed E-state index contributed by atoms with van der Waals surface area (Å²) in [4.78, 5) is 16.2. The maximum absolute atomic E-state index is 13.4. The van der Waals surface area contributed by atoms with Crippen molar-refractivity contribution in [1.29, 1.82) is 0 Å². The Morgan fingerprint density at radius 2 is 1.46 bits per heavy atom. The average Bonchev–Trinajstić information content (AvgIpc) is 3.06. The minimum atomic E-state index is -0.0274. The topological polar surface area (TPSA) is 58.4 Å². The first-order chi connectivity index (χ1) is 13.5. The molecule has 1 fully saturated rings. The SMILES string of the molecule is Nc1sc(-c2ccc(Cl)cc2)c(-c2ccc(Cl)cc2)c1C(=O)N1CCNCC1. The zero-order valence-corrected chi connectivity index (χ0v) is 17.4. The molecule has 1 aliphatic rings. The number of nitrogens with zero attached hydrogens (tertiary/aromatic N) is 1. The summed E-state index contributed by atoms with van der Waals surface area (Å²) in [7, 11) is 0. The lowest BCUT2D eigenvalue weighted by Crippen LogP contribution is -2.46. The minimum Gasteiger partial charge on any atom is -0.390 e. The number of amides is 1. The van der Waals surface area contributed by atoms with E-state index >= 15 is 0 Å². The predicted molar refractivity (Wildman–Crippen MR) is 118 cm³/mol. The molecule has 4 nitrogen and oxygen atoms in total. The van der Waals surface area contributed by atoms with Crippen LogP contribution in [-0.2, 0) is 0 Å². The van der Waals surface area contributed by atoms with Crippen LogP contribution in [0.3, 0.4) is 0 Å². The molecule has 1 amide bonds. The van der Waals surface area contributed by atoms with E-state index in [1.165, 1.54) is 11.3 Å². The highest BCUT2D eigenvalue weighted by atomic mass is 35.5. The summed E-state index contributed by atoms with van der Waals surface area (Å²) in [5.41, 5.74) is 9.70. The molecule has 2 aromatic carbocycles. The molecular weight excluding hydrogens is 413 g/mol. The van der Waals surface area contributed by atoms with E-state index in [9.17, 15) is 4.79 Å². The van der Waals surface area contributed by atoms with Crippen LogP contribution in [0.1, 0.15) is 10.4 Å². The Morgan fingerprint density at radius 3 is 2.04 bits per heavy atom. The Hall–Kier alpha value is -2.05. The zero-order chi connectivity index (χ0) is 19.7. The summed E-state index contributed by atoms with van der Waals surface area (Å²) in [6.07, 6.45) is 0. The quantitative estimate of drug-likeness (QED) is 0.611. The number of carbonyl (C=O) groups is 1. The van der Waals surface area contributed by atoms with Gasteiger partial charge in [-0.15, -0.1) is 11.3 Å². The molecule has 0 radical (unpaired) electrons. The maximum atomic E-state index is 13.4. The van der Waals surface area contributed by atoms with Crippen molar-refractivity contribution in [2.45, 2.75) is 0 Å². The van der Waals surface area contributed by atoms with Gasteiger partial charge in [0.1, 0.15) is 0 Å². The van der Waals surface area contributed by atoms with Crippen molar-refractivity contribution in [2.75, 3.05) is 31.9 Å². The third-order valence-corrected chi connectivity index (χ3v) is 6.36. The number of benzene rings is 2. The number of hydrogen-bond acceptors (Lipinski definition) is 4. The number of anilines is 1. The van der Waals surface area contributed by atoms with Gasteiger partial charge in [0.15, 0.2) is 0 Å². The lowest BCUT2D eigenvalue weighted by Gasteiger charge is -2.28. The third-order valence-electron chi connectivity index (χ3n) is 4.79. The van der Waals surface area contributed by atoms with Crippen LogP contribution in [0, 0.1) is 0 Å². The summed E-state index contributed by atoms with van der Waals surface area (Å²) in [6, 6.07) is 15.1. The standard InChI is InChI=1S/C21H19Cl2N3OS/c22-15-5-1-13(2-6-15)17-18(21(27)26-11-9-25-10-12-26)20(24)28-19(17)14-3-7-16(23)8-4-14/h1-8,25H,9-12,24H2. The first kappa shape index (κ1) is 19.3. The van der Waals surface area contributed by atoms with Crippen LogP contribution < -0.4 is 11.1 Å². The second-order valence-corrected chi connectivity index (χ2v) is 8.53. The summed E-state index contributed by atoms with van der Waals surface area (Å²) < 4.78 is 0. The van der Waals surface area contributed by atoms with E-state index in [4.69, 9.17) is 28.9 Å². The fourth-order valence-electron chi connectivity index (χ4n) is 3.38. The summed E-state index contributed by atoms with van der Waals surface area (Å²) in [5.74, 6) is -0.0274. The van der Waals surface area contributed by atoms with Gasteiger partial charge in [-0.1, -0.05) is 47.5 Å². The number of thiophene rings is 1. The number of carbonyl (C=O) groups excluding carboxylic acids is 1. The number of nitrogens with one attached hydrogen (secondary N) is 1. The molecule has 3 N–H and O–H groups in total. The van der Waals surface area contributed by atoms with Gasteiger partial charge < -0.3 is 16.0 Å². The Labute approximate surface area is 177 Å². The lowest BCUT2D eigenvalue weighted by atomic mass is 9.97. The van der Waals surface area contributed by atoms with Gasteiger partial charge in [0.2, 0.25) is 0 Å². The van der Waals surface area contributed by atoms with Crippen LogP contribution in [0.5, 0.6) is 0 Å². The molecule has 2 heterocycles. The Morgan fingerprint density at radius 1 is 0.929 bits per heavy atom. The first-order valence-electron chi connectivity index (χ1n) is 8.98. The van der Waals surface area contributed by atoms with Crippen molar-refractivity contribution < 1.29 is 4.79 Å². The molecule has 1 saturated heterocycles. The number of rotatable bonds is 3. The van der Waals surface area contributed by atoms with E-state index in [1.54, 1.807) is 0 Å². The molecule has 1 aromatic heterocycles. The molecule has 3 aromatic rings. The number of hydrogen-bond donors (Lipinski definition) is 2. The average molecular weight is 432 g/mol. The molecule has 1 aliphatic heterocycles. The first-order valence-corrected chi connectivity index (χ1v) is 10.6. The normalized spacial score (nSPS) is 14.3. The van der Waals surface area contributed by atoms with Crippen molar-refractivity contribution in [3.05, 3.63) is 64.1 Å². The lowest BCUT2D eigenvalue weighted by molar-refractivity contribution is 0.0738. The van der Waals surface area contributed by atoms with Gasteiger partial charge in [-0.3, -0.25) is 4.79 Å². The van der Waals surface area contributed by atoms with Gasteiger partial charge in [0.25, 0.3) is 5.91 Å². The molecule has 0 aliphatic carbocycles. The van der Waals surface area contributed by atoms with Gasteiger partial charge in [-0.2, -0.15) is 0 Å². The summed E-state index contributed by atoms with van der Waals surface area (Å²) in [6.45, 7) is 2.92. The number of nitrogens with two attached hydrogens (primary N) is 1. The second kappa shape index (κ2) is 8.13. The van der Waals surface area contributed by atoms with Crippen molar-refractivity contribution in [3.8, 4) is 21.6 Å². The van der Waals surface area contributed by atoms with Crippen LogP contribution in [0.4, 0.5) is 5.00 Å². The molecule has 0 spiro atoms. The van der Waals surface area contributed by atoms with E-state index in [2.05, 4.69) is 5.32 Å². The van der Waals surface area contributed by atoms with E-state index in [0.717, 1.165) is 34.7 Å². The summed E-state index contributed by atoms with van der Waals surface area (Å²) >= 11 is 13.6. The molecule has 0 atom stereocenters. The fourth-order valence-corrected chi connectivity index (χ4v) is 4.72. The molecule has 4 rings (SSSR count). The predicted octanol–water partition coefficient (Wildman–Crippen LogP) is 5.02. The largest absolute Gasteiger partial charge is 0.390 e. The van der Waals surface area contributed by atoms with Gasteiger partial charge >= 0.3 is 0 Å². The molecule has 7 heteroatoms. The smallest absolute Gasteiger partial charge is 0.257 e. The van der Waals surface area contributed by atoms with Crippen LogP contribution in [0.2, 0.25) is 10.0 Å². The molecule has 144 valence electrons. The Balaban J connectivity index is 1.88. The molecular formula is C21H19Cl2N3OS.